The fourth-order valence-electron chi connectivity index (χ4n) is 5.60. The van der Waals surface area contributed by atoms with Crippen molar-refractivity contribution in [2.45, 2.75) is 82.2 Å². The Balaban J connectivity index is 1.89. The van der Waals surface area contributed by atoms with Gasteiger partial charge in [-0.1, -0.05) is 45.7 Å². The number of rotatable bonds is 10. The summed E-state index contributed by atoms with van der Waals surface area (Å²) in [5, 5.41) is 0.410. The third-order valence-corrected chi connectivity index (χ3v) is 8.75. The standard InChI is InChI=1S/C31H34BrClO11/c1-7-38-23-11-8-21(9-12-23)26(32)24-14-22(10-13-25(24)33)31-29(43-20(6)37)27(41-18(4)35)28(42-19(5)36)30(44-31,15-39-31)16(2)40-17(3)34/h8-14,16,26-29H,7,15H2,1-6H3/t16-,26?,27-,28-,29+,30+,31?/m0/s1. The van der Waals surface area contributed by atoms with Crippen LogP contribution in [0.15, 0.2) is 42.5 Å². The van der Waals surface area contributed by atoms with Crippen LogP contribution in [0.1, 0.15) is 63.1 Å². The summed E-state index contributed by atoms with van der Waals surface area (Å²) in [5.41, 5.74) is 0.169. The number of esters is 4. The van der Waals surface area contributed by atoms with Gasteiger partial charge in [0.2, 0.25) is 11.9 Å². The number of carbonyl (C=O) groups is 4. The number of fused-ring (bicyclic) bond motifs is 2. The van der Waals surface area contributed by atoms with Gasteiger partial charge in [0.1, 0.15) is 11.9 Å². The summed E-state index contributed by atoms with van der Waals surface area (Å²) in [4.78, 5) is 48.9. The van der Waals surface area contributed by atoms with Gasteiger partial charge in [0, 0.05) is 38.3 Å². The summed E-state index contributed by atoms with van der Waals surface area (Å²) < 4.78 is 41.2. The maximum Gasteiger partial charge on any atom is 0.303 e. The number of halogens is 2. The quantitative estimate of drug-likeness (QED) is 0.190. The van der Waals surface area contributed by atoms with Gasteiger partial charge in [-0.05, 0) is 49.2 Å². The first kappa shape index (κ1) is 33.7. The lowest BCUT2D eigenvalue weighted by Crippen LogP contribution is -2.70. The van der Waals surface area contributed by atoms with Gasteiger partial charge in [-0.15, -0.1) is 0 Å². The molecule has 2 saturated heterocycles. The Bertz CT molecular complexity index is 1420. The molecule has 2 aromatic rings. The number of hydrogen-bond donors (Lipinski definition) is 0. The van der Waals surface area contributed by atoms with E-state index in [1.807, 2.05) is 31.2 Å². The molecule has 2 aliphatic heterocycles. The second-order valence-corrected chi connectivity index (χ2v) is 11.8. The van der Waals surface area contributed by atoms with E-state index >= 15 is 0 Å². The molecule has 2 aliphatic rings. The minimum absolute atomic E-state index is 0.288. The highest BCUT2D eigenvalue weighted by molar-refractivity contribution is 9.09. The topological polar surface area (TPSA) is 133 Å². The Morgan fingerprint density at radius 3 is 2.11 bits per heavy atom. The average molecular weight is 698 g/mol. The summed E-state index contributed by atoms with van der Waals surface area (Å²) in [6.45, 7) is 8.40. The highest BCUT2D eigenvalue weighted by Gasteiger charge is 2.74. The maximum absolute atomic E-state index is 12.5. The lowest BCUT2D eigenvalue weighted by Gasteiger charge is -2.50. The predicted octanol–water partition coefficient (Wildman–Crippen LogP) is 4.92. The van der Waals surface area contributed by atoms with E-state index in [0.29, 0.717) is 28.5 Å². The summed E-state index contributed by atoms with van der Waals surface area (Å²) in [5.74, 6) is -4.05. The van der Waals surface area contributed by atoms with Crippen LogP contribution in [0, 0.1) is 0 Å². The second kappa shape index (κ2) is 13.4. The normalized spacial score (nSPS) is 27.0. The minimum Gasteiger partial charge on any atom is -0.494 e. The van der Waals surface area contributed by atoms with Gasteiger partial charge in [-0.25, -0.2) is 0 Å². The molecule has 7 atom stereocenters. The van der Waals surface area contributed by atoms with Crippen LogP contribution in [-0.2, 0) is 53.4 Å². The van der Waals surface area contributed by atoms with Gasteiger partial charge < -0.3 is 33.2 Å². The Morgan fingerprint density at radius 2 is 1.55 bits per heavy atom. The summed E-state index contributed by atoms with van der Waals surface area (Å²) in [6, 6.07) is 12.5. The van der Waals surface area contributed by atoms with Crippen molar-refractivity contribution < 1.29 is 52.3 Å². The zero-order valence-corrected chi connectivity index (χ0v) is 27.4. The third-order valence-electron chi connectivity index (χ3n) is 7.38. The molecule has 4 rings (SSSR count). The fourth-order valence-corrected chi connectivity index (χ4v) is 6.64. The summed E-state index contributed by atoms with van der Waals surface area (Å²) >= 11 is 10.4. The fraction of sp³-hybridized carbons (Fsp3) is 0.484. The van der Waals surface area contributed by atoms with Crippen molar-refractivity contribution >= 4 is 51.4 Å². The number of carbonyl (C=O) groups excluding carboxylic acids is 4. The molecule has 238 valence electrons. The highest BCUT2D eigenvalue weighted by Crippen LogP contribution is 2.55. The first-order chi connectivity index (χ1) is 20.7. The van der Waals surface area contributed by atoms with E-state index in [1.54, 1.807) is 25.1 Å². The number of benzene rings is 2. The molecule has 2 heterocycles. The number of ether oxygens (including phenoxy) is 7. The third kappa shape index (κ3) is 6.58. The Labute approximate surface area is 268 Å². The van der Waals surface area contributed by atoms with Crippen LogP contribution in [0.2, 0.25) is 5.02 Å². The summed E-state index contributed by atoms with van der Waals surface area (Å²) in [6.07, 6.45) is -5.33. The van der Waals surface area contributed by atoms with Gasteiger partial charge in [0.25, 0.3) is 0 Å². The minimum atomic E-state index is -1.90. The maximum atomic E-state index is 12.5. The van der Waals surface area contributed by atoms with Gasteiger partial charge in [0.15, 0.2) is 17.8 Å². The average Bonchev–Trinajstić information content (AvgIpc) is 3.32. The number of hydrogen-bond acceptors (Lipinski definition) is 11. The Morgan fingerprint density at radius 1 is 0.932 bits per heavy atom. The molecule has 0 amide bonds. The largest absolute Gasteiger partial charge is 0.494 e. The SMILES string of the molecule is CCOc1ccc(C(Br)c2cc(C34OC[C@]([C@H](C)OC(C)=O)(O3)[C@@H](OC(C)=O)[C@H](OC(C)=O)[C@H]4OC(C)=O)ccc2Cl)cc1. The molecule has 0 spiro atoms. The van der Waals surface area contributed by atoms with E-state index in [-0.39, 0.29) is 6.61 Å². The molecule has 2 fully saturated rings. The molecular weight excluding hydrogens is 664 g/mol. The van der Waals surface area contributed by atoms with Crippen LogP contribution in [0.3, 0.4) is 0 Å². The van der Waals surface area contributed by atoms with Crippen LogP contribution in [0.5, 0.6) is 5.75 Å². The first-order valence-corrected chi connectivity index (χ1v) is 15.2. The lowest BCUT2D eigenvalue weighted by molar-refractivity contribution is -0.340. The van der Waals surface area contributed by atoms with Crippen molar-refractivity contribution in [2.75, 3.05) is 13.2 Å². The van der Waals surface area contributed by atoms with Crippen LogP contribution < -0.4 is 4.74 Å². The molecule has 44 heavy (non-hydrogen) atoms. The monoisotopic (exact) mass is 696 g/mol. The van der Waals surface area contributed by atoms with Crippen LogP contribution >= 0.6 is 27.5 Å². The van der Waals surface area contributed by atoms with Crippen molar-refractivity contribution in [3.63, 3.8) is 0 Å². The van der Waals surface area contributed by atoms with Gasteiger partial charge >= 0.3 is 23.9 Å². The molecule has 2 unspecified atom stereocenters. The molecular formula is C31H34BrClO11. The zero-order chi connectivity index (χ0) is 32.4. The number of alkyl halides is 1. The van der Waals surface area contributed by atoms with Gasteiger partial charge in [-0.3, -0.25) is 19.2 Å². The predicted molar refractivity (Wildman–Crippen MR) is 159 cm³/mol. The molecule has 13 heteroatoms. The van der Waals surface area contributed by atoms with E-state index in [9.17, 15) is 19.2 Å². The highest BCUT2D eigenvalue weighted by atomic mass is 79.9. The van der Waals surface area contributed by atoms with Crippen molar-refractivity contribution in [2.24, 2.45) is 0 Å². The lowest BCUT2D eigenvalue weighted by atomic mass is 9.80. The van der Waals surface area contributed by atoms with Crippen LogP contribution in [0.25, 0.3) is 0 Å². The van der Waals surface area contributed by atoms with E-state index in [1.165, 1.54) is 13.8 Å². The smallest absolute Gasteiger partial charge is 0.303 e. The van der Waals surface area contributed by atoms with E-state index < -0.39 is 64.5 Å². The van der Waals surface area contributed by atoms with Crippen LogP contribution in [-0.4, -0.2) is 67.1 Å². The molecule has 0 aromatic heterocycles. The van der Waals surface area contributed by atoms with E-state index in [2.05, 4.69) is 15.9 Å². The molecule has 0 aliphatic carbocycles. The second-order valence-electron chi connectivity index (χ2n) is 10.5. The molecule has 0 saturated carbocycles. The molecule has 2 aromatic carbocycles. The van der Waals surface area contributed by atoms with Crippen molar-refractivity contribution in [1.82, 2.24) is 0 Å². The van der Waals surface area contributed by atoms with Crippen molar-refractivity contribution in [3.05, 3.63) is 64.2 Å². The van der Waals surface area contributed by atoms with Crippen molar-refractivity contribution in [3.8, 4) is 5.75 Å². The van der Waals surface area contributed by atoms with Gasteiger partial charge in [0.05, 0.1) is 18.0 Å². The van der Waals surface area contributed by atoms with Gasteiger partial charge in [-0.2, -0.15) is 0 Å². The first-order valence-electron chi connectivity index (χ1n) is 13.9. The van der Waals surface area contributed by atoms with E-state index in [4.69, 9.17) is 44.8 Å². The zero-order valence-electron chi connectivity index (χ0n) is 25.1. The molecule has 0 radical (unpaired) electrons. The molecule has 0 N–H and O–H groups in total. The van der Waals surface area contributed by atoms with E-state index in [0.717, 1.165) is 19.4 Å². The Hall–Kier alpha value is -3.19. The van der Waals surface area contributed by atoms with Crippen LogP contribution in [0.4, 0.5) is 0 Å². The molecule has 11 nitrogen and oxygen atoms in total. The van der Waals surface area contributed by atoms with Crippen molar-refractivity contribution in [1.29, 1.82) is 0 Å². The Kier molecular flexibility index (Phi) is 10.3. The molecule has 2 bridgehead atoms. The summed E-state index contributed by atoms with van der Waals surface area (Å²) in [7, 11) is 0.